The first-order chi connectivity index (χ1) is 10.1. The summed E-state index contributed by atoms with van der Waals surface area (Å²) in [6, 6.07) is 7.21. The number of carbonyl (C=O) groups is 1. The van der Waals surface area contributed by atoms with E-state index in [1.165, 1.54) is 4.57 Å². The number of benzene rings is 1. The zero-order valence-corrected chi connectivity index (χ0v) is 12.5. The molecule has 21 heavy (non-hydrogen) atoms. The molecule has 0 radical (unpaired) electrons. The van der Waals surface area contributed by atoms with Crippen LogP contribution in [0.4, 0.5) is 0 Å². The van der Waals surface area contributed by atoms with E-state index >= 15 is 0 Å². The van der Waals surface area contributed by atoms with Crippen molar-refractivity contribution in [1.29, 1.82) is 0 Å². The molecule has 0 unspecified atom stereocenters. The molecule has 0 aliphatic carbocycles. The van der Waals surface area contributed by atoms with E-state index in [1.54, 1.807) is 6.07 Å². The Morgan fingerprint density at radius 1 is 1.33 bits per heavy atom. The maximum absolute atomic E-state index is 11.8. The Bertz CT molecular complexity index is 657. The van der Waals surface area contributed by atoms with Gasteiger partial charge in [0.25, 0.3) is 0 Å². The molecule has 0 spiro atoms. The zero-order chi connectivity index (χ0) is 15.2. The quantitative estimate of drug-likeness (QED) is 0.774. The Hall–Kier alpha value is -2.08. The lowest BCUT2D eigenvalue weighted by Gasteiger charge is -2.09. The summed E-state index contributed by atoms with van der Waals surface area (Å²) < 4.78 is 6.62. The molecule has 0 bridgehead atoms. The number of hydrogen-bond donors (Lipinski definition) is 1. The first kappa shape index (κ1) is 15.3. The number of nitrogens with zero attached hydrogens (tertiary/aromatic N) is 2. The number of oxazole rings is 1. The fourth-order valence-electron chi connectivity index (χ4n) is 2.15. The topological polar surface area (TPSA) is 67.5 Å². The molecule has 1 amide bonds. The minimum atomic E-state index is -0.420. The summed E-state index contributed by atoms with van der Waals surface area (Å²) in [5.74, 6) is -0.470. The highest BCUT2D eigenvalue weighted by molar-refractivity contribution is 5.76. The molecule has 0 saturated carbocycles. The van der Waals surface area contributed by atoms with Gasteiger partial charge in [0.2, 0.25) is 5.91 Å². The van der Waals surface area contributed by atoms with Crippen LogP contribution in [0, 0.1) is 0 Å². The second-order valence-electron chi connectivity index (χ2n) is 5.24. The molecule has 2 aromatic rings. The van der Waals surface area contributed by atoms with Crippen LogP contribution in [0.15, 0.2) is 33.5 Å². The SMILES string of the molecule is CN(C)CCCNC(=O)CCn1c(=O)oc2ccccc21. The second kappa shape index (κ2) is 7.08. The van der Waals surface area contributed by atoms with Gasteiger partial charge >= 0.3 is 5.76 Å². The van der Waals surface area contributed by atoms with Gasteiger partial charge in [0.05, 0.1) is 5.52 Å². The summed E-state index contributed by atoms with van der Waals surface area (Å²) in [5, 5.41) is 2.86. The van der Waals surface area contributed by atoms with E-state index in [1.807, 2.05) is 32.3 Å². The predicted octanol–water partition coefficient (Wildman–Crippen LogP) is 1.05. The summed E-state index contributed by atoms with van der Waals surface area (Å²) in [6.45, 7) is 1.92. The molecular weight excluding hydrogens is 270 g/mol. The van der Waals surface area contributed by atoms with Crippen LogP contribution < -0.4 is 11.1 Å². The van der Waals surface area contributed by atoms with Crippen molar-refractivity contribution in [2.75, 3.05) is 27.2 Å². The van der Waals surface area contributed by atoms with E-state index in [0.717, 1.165) is 18.5 Å². The van der Waals surface area contributed by atoms with E-state index < -0.39 is 5.76 Å². The molecule has 6 heteroatoms. The number of aromatic nitrogens is 1. The molecule has 1 N–H and O–H groups in total. The molecule has 0 atom stereocenters. The third-order valence-electron chi connectivity index (χ3n) is 3.24. The molecule has 0 saturated heterocycles. The molecule has 1 aromatic heterocycles. The summed E-state index contributed by atoms with van der Waals surface area (Å²) in [4.78, 5) is 25.6. The number of para-hydroxylation sites is 2. The minimum Gasteiger partial charge on any atom is -0.408 e. The number of rotatable bonds is 7. The van der Waals surface area contributed by atoms with Gasteiger partial charge in [-0.25, -0.2) is 4.79 Å². The lowest BCUT2D eigenvalue weighted by atomic mass is 10.3. The van der Waals surface area contributed by atoms with E-state index in [-0.39, 0.29) is 12.3 Å². The van der Waals surface area contributed by atoms with Crippen LogP contribution in [0.5, 0.6) is 0 Å². The summed E-state index contributed by atoms with van der Waals surface area (Å²) >= 11 is 0. The highest BCUT2D eigenvalue weighted by atomic mass is 16.4. The Kier molecular flexibility index (Phi) is 5.16. The van der Waals surface area contributed by atoms with Crippen LogP contribution in [0.1, 0.15) is 12.8 Å². The van der Waals surface area contributed by atoms with Crippen molar-refractivity contribution in [2.45, 2.75) is 19.4 Å². The van der Waals surface area contributed by atoms with Crippen LogP contribution in [0.25, 0.3) is 11.1 Å². The van der Waals surface area contributed by atoms with Crippen molar-refractivity contribution in [3.8, 4) is 0 Å². The van der Waals surface area contributed by atoms with E-state index in [9.17, 15) is 9.59 Å². The Morgan fingerprint density at radius 2 is 2.10 bits per heavy atom. The molecular formula is C15H21N3O3. The standard InChI is InChI=1S/C15H21N3O3/c1-17(2)10-5-9-16-14(19)8-11-18-12-6-3-4-7-13(12)21-15(18)20/h3-4,6-7H,5,8-11H2,1-2H3,(H,16,19). The first-order valence-electron chi connectivity index (χ1n) is 7.08. The predicted molar refractivity (Wildman–Crippen MR) is 81.3 cm³/mol. The zero-order valence-electron chi connectivity index (χ0n) is 12.5. The fraction of sp³-hybridized carbons (Fsp3) is 0.467. The second-order valence-corrected chi connectivity index (χ2v) is 5.24. The number of fused-ring (bicyclic) bond motifs is 1. The Labute approximate surface area is 123 Å². The van der Waals surface area contributed by atoms with Crippen molar-refractivity contribution in [1.82, 2.24) is 14.8 Å². The largest absolute Gasteiger partial charge is 0.419 e. The van der Waals surface area contributed by atoms with Crippen molar-refractivity contribution >= 4 is 17.0 Å². The van der Waals surface area contributed by atoms with Gasteiger partial charge in [-0.1, -0.05) is 12.1 Å². The number of hydrogen-bond acceptors (Lipinski definition) is 4. The van der Waals surface area contributed by atoms with Crippen LogP contribution in [-0.4, -0.2) is 42.6 Å². The molecule has 114 valence electrons. The summed E-state index contributed by atoms with van der Waals surface area (Å²) in [7, 11) is 4.00. The maximum Gasteiger partial charge on any atom is 0.419 e. The number of amides is 1. The van der Waals surface area contributed by atoms with Crippen molar-refractivity contribution < 1.29 is 9.21 Å². The fourth-order valence-corrected chi connectivity index (χ4v) is 2.15. The average molecular weight is 291 g/mol. The van der Waals surface area contributed by atoms with E-state index in [2.05, 4.69) is 10.2 Å². The summed E-state index contributed by atoms with van der Waals surface area (Å²) in [5.41, 5.74) is 1.27. The lowest BCUT2D eigenvalue weighted by Crippen LogP contribution is -2.28. The molecule has 2 rings (SSSR count). The van der Waals surface area contributed by atoms with Gasteiger partial charge in [0.15, 0.2) is 5.58 Å². The number of nitrogens with one attached hydrogen (secondary N) is 1. The highest BCUT2D eigenvalue weighted by Gasteiger charge is 2.09. The van der Waals surface area contributed by atoms with Crippen LogP contribution in [0.3, 0.4) is 0 Å². The van der Waals surface area contributed by atoms with Crippen molar-refractivity contribution in [3.05, 3.63) is 34.8 Å². The van der Waals surface area contributed by atoms with E-state index in [4.69, 9.17) is 4.42 Å². The molecule has 1 aromatic carbocycles. The minimum absolute atomic E-state index is 0.0501. The maximum atomic E-state index is 11.8. The van der Waals surface area contributed by atoms with Crippen LogP contribution in [-0.2, 0) is 11.3 Å². The third-order valence-corrected chi connectivity index (χ3v) is 3.24. The molecule has 0 fully saturated rings. The monoisotopic (exact) mass is 291 g/mol. The Balaban J connectivity index is 1.86. The molecule has 0 aliphatic rings. The highest BCUT2D eigenvalue weighted by Crippen LogP contribution is 2.11. The van der Waals surface area contributed by atoms with Crippen LogP contribution in [0.2, 0.25) is 0 Å². The Morgan fingerprint density at radius 3 is 2.86 bits per heavy atom. The summed E-state index contributed by atoms with van der Waals surface area (Å²) in [6.07, 6.45) is 1.18. The average Bonchev–Trinajstić information content (AvgIpc) is 2.76. The van der Waals surface area contributed by atoms with Crippen LogP contribution >= 0.6 is 0 Å². The van der Waals surface area contributed by atoms with E-state index in [0.29, 0.717) is 18.7 Å². The van der Waals surface area contributed by atoms with Crippen molar-refractivity contribution in [2.24, 2.45) is 0 Å². The first-order valence-corrected chi connectivity index (χ1v) is 7.08. The van der Waals surface area contributed by atoms with Gasteiger partial charge in [-0.3, -0.25) is 9.36 Å². The third kappa shape index (κ3) is 4.19. The molecule has 6 nitrogen and oxygen atoms in total. The molecule has 1 heterocycles. The molecule has 0 aliphatic heterocycles. The smallest absolute Gasteiger partial charge is 0.408 e. The normalized spacial score (nSPS) is 11.2. The van der Waals surface area contributed by atoms with Gasteiger partial charge in [-0.15, -0.1) is 0 Å². The van der Waals surface area contributed by atoms with Gasteiger partial charge in [-0.2, -0.15) is 0 Å². The van der Waals surface area contributed by atoms with Gasteiger partial charge in [0, 0.05) is 19.5 Å². The van der Waals surface area contributed by atoms with Gasteiger partial charge in [0.1, 0.15) is 0 Å². The number of carbonyl (C=O) groups excluding carboxylic acids is 1. The van der Waals surface area contributed by atoms with Gasteiger partial charge < -0.3 is 14.6 Å². The lowest BCUT2D eigenvalue weighted by molar-refractivity contribution is -0.121. The number of aryl methyl sites for hydroxylation is 1. The van der Waals surface area contributed by atoms with Gasteiger partial charge in [-0.05, 0) is 39.2 Å². The van der Waals surface area contributed by atoms with Crippen molar-refractivity contribution in [3.63, 3.8) is 0 Å².